The van der Waals surface area contributed by atoms with Gasteiger partial charge >= 0.3 is 0 Å². The molecule has 0 bridgehead atoms. The van der Waals surface area contributed by atoms with Crippen molar-refractivity contribution in [1.29, 1.82) is 0 Å². The normalized spacial score (nSPS) is 12.9. The molecule has 0 radical (unpaired) electrons. The first-order chi connectivity index (χ1) is 5.24. The van der Waals surface area contributed by atoms with Gasteiger partial charge in [0.05, 0.1) is 0 Å². The maximum Gasteiger partial charge on any atom is 0.0419 e. The van der Waals surface area contributed by atoms with Crippen molar-refractivity contribution in [1.82, 2.24) is 0 Å². The van der Waals surface area contributed by atoms with E-state index in [0.717, 1.165) is 11.3 Å². The lowest BCUT2D eigenvalue weighted by atomic mass is 10.1. The van der Waals surface area contributed by atoms with Crippen LogP contribution in [-0.2, 0) is 0 Å². The minimum atomic E-state index is -0.0735. The molecule has 0 heterocycles. The molecule has 1 aromatic carbocycles. The molecule has 11 heavy (non-hydrogen) atoms. The first-order valence-electron chi connectivity index (χ1n) is 3.55. The lowest BCUT2D eigenvalue weighted by Gasteiger charge is -2.08. The highest BCUT2D eigenvalue weighted by Gasteiger charge is 2.00. The van der Waals surface area contributed by atoms with E-state index in [1.54, 1.807) is 0 Å². The van der Waals surface area contributed by atoms with Crippen molar-refractivity contribution >= 4 is 5.69 Å². The van der Waals surface area contributed by atoms with E-state index < -0.39 is 0 Å². The molecule has 0 saturated carbocycles. The molecule has 0 saturated heterocycles. The van der Waals surface area contributed by atoms with Gasteiger partial charge in [-0.15, -0.1) is 0 Å². The van der Waals surface area contributed by atoms with Gasteiger partial charge < -0.3 is 17.2 Å². The second kappa shape index (κ2) is 3.37. The fourth-order valence-corrected chi connectivity index (χ4v) is 0.879. The van der Waals surface area contributed by atoms with Crippen molar-refractivity contribution in [2.24, 2.45) is 11.5 Å². The third-order valence-corrected chi connectivity index (χ3v) is 1.62. The van der Waals surface area contributed by atoms with Crippen molar-refractivity contribution in [3.05, 3.63) is 29.8 Å². The third-order valence-electron chi connectivity index (χ3n) is 1.62. The molecule has 0 aliphatic carbocycles. The van der Waals surface area contributed by atoms with Crippen molar-refractivity contribution in [3.63, 3.8) is 0 Å². The molecule has 0 aromatic heterocycles. The van der Waals surface area contributed by atoms with Gasteiger partial charge in [0, 0.05) is 18.3 Å². The van der Waals surface area contributed by atoms with Crippen LogP contribution in [-0.4, -0.2) is 6.54 Å². The van der Waals surface area contributed by atoms with Crippen LogP contribution in [0.5, 0.6) is 0 Å². The minimum absolute atomic E-state index is 0.0735. The van der Waals surface area contributed by atoms with E-state index in [4.69, 9.17) is 17.2 Å². The first kappa shape index (κ1) is 8.04. The second-order valence-electron chi connectivity index (χ2n) is 2.51. The average molecular weight is 151 g/mol. The van der Waals surface area contributed by atoms with Gasteiger partial charge in [-0.2, -0.15) is 0 Å². The summed E-state index contributed by atoms with van der Waals surface area (Å²) >= 11 is 0. The number of benzene rings is 1. The van der Waals surface area contributed by atoms with Crippen molar-refractivity contribution in [3.8, 4) is 0 Å². The van der Waals surface area contributed by atoms with Crippen molar-refractivity contribution in [2.75, 3.05) is 12.3 Å². The molecule has 6 N–H and O–H groups in total. The van der Waals surface area contributed by atoms with Gasteiger partial charge in [-0.25, -0.2) is 0 Å². The third kappa shape index (κ3) is 1.93. The average Bonchev–Trinajstić information content (AvgIpc) is 2.05. The monoisotopic (exact) mass is 151 g/mol. The zero-order valence-electron chi connectivity index (χ0n) is 6.33. The molecule has 0 fully saturated rings. The molecule has 1 aromatic rings. The van der Waals surface area contributed by atoms with E-state index in [9.17, 15) is 0 Å². The van der Waals surface area contributed by atoms with Crippen LogP contribution in [0, 0.1) is 0 Å². The van der Waals surface area contributed by atoms with E-state index in [-0.39, 0.29) is 6.04 Å². The Kier molecular flexibility index (Phi) is 2.46. The van der Waals surface area contributed by atoms with Crippen LogP contribution < -0.4 is 17.2 Å². The van der Waals surface area contributed by atoms with E-state index in [1.165, 1.54) is 0 Å². The van der Waals surface area contributed by atoms with Crippen LogP contribution in [0.2, 0.25) is 0 Å². The zero-order chi connectivity index (χ0) is 8.27. The van der Waals surface area contributed by atoms with Gasteiger partial charge in [0.15, 0.2) is 0 Å². The van der Waals surface area contributed by atoms with Crippen LogP contribution in [0.3, 0.4) is 0 Å². The number of nitrogen functional groups attached to an aromatic ring is 1. The van der Waals surface area contributed by atoms with Crippen LogP contribution in [0.15, 0.2) is 24.3 Å². The van der Waals surface area contributed by atoms with Crippen LogP contribution in [0.1, 0.15) is 11.6 Å². The molecule has 1 rings (SSSR count). The van der Waals surface area contributed by atoms with Gasteiger partial charge in [0.2, 0.25) is 0 Å². The summed E-state index contributed by atoms with van der Waals surface area (Å²) in [6.45, 7) is 0.462. The lowest BCUT2D eigenvalue weighted by Crippen LogP contribution is -2.20. The predicted molar refractivity (Wildman–Crippen MR) is 46.8 cm³/mol. The summed E-state index contributed by atoms with van der Waals surface area (Å²) in [5, 5.41) is 0. The largest absolute Gasteiger partial charge is 0.399 e. The fraction of sp³-hybridized carbons (Fsp3) is 0.250. The van der Waals surface area contributed by atoms with E-state index in [0.29, 0.717) is 6.54 Å². The first-order valence-corrected chi connectivity index (χ1v) is 3.55. The molecule has 3 nitrogen and oxygen atoms in total. The Morgan fingerprint density at radius 1 is 1.18 bits per heavy atom. The molecular weight excluding hydrogens is 138 g/mol. The molecule has 0 unspecified atom stereocenters. The highest BCUT2D eigenvalue weighted by atomic mass is 14.7. The van der Waals surface area contributed by atoms with Gasteiger partial charge in [0.25, 0.3) is 0 Å². The Balaban J connectivity index is 2.81. The lowest BCUT2D eigenvalue weighted by molar-refractivity contribution is 0.737. The molecule has 60 valence electrons. The van der Waals surface area contributed by atoms with Crippen molar-refractivity contribution < 1.29 is 0 Å². The number of hydrogen-bond acceptors (Lipinski definition) is 3. The molecule has 0 aliphatic heterocycles. The summed E-state index contributed by atoms with van der Waals surface area (Å²) in [5.41, 5.74) is 18.3. The Bertz CT molecular complexity index is 217. The smallest absolute Gasteiger partial charge is 0.0419 e. The van der Waals surface area contributed by atoms with Gasteiger partial charge in [-0.3, -0.25) is 0 Å². The van der Waals surface area contributed by atoms with Crippen LogP contribution in [0.4, 0.5) is 5.69 Å². The topological polar surface area (TPSA) is 78.1 Å². The molecule has 3 heteroatoms. The molecule has 0 spiro atoms. The Morgan fingerprint density at radius 2 is 1.73 bits per heavy atom. The van der Waals surface area contributed by atoms with Gasteiger partial charge in [0.1, 0.15) is 0 Å². The molecule has 0 amide bonds. The van der Waals surface area contributed by atoms with E-state index in [1.807, 2.05) is 24.3 Å². The molecule has 1 atom stereocenters. The maximum absolute atomic E-state index is 5.68. The zero-order valence-corrected chi connectivity index (χ0v) is 6.33. The van der Waals surface area contributed by atoms with Gasteiger partial charge in [-0.05, 0) is 17.7 Å². The van der Waals surface area contributed by atoms with Crippen molar-refractivity contribution in [2.45, 2.75) is 6.04 Å². The molecular formula is C8H13N3. The predicted octanol–water partition coefficient (Wildman–Crippen LogP) is 0.227. The summed E-state index contributed by atoms with van der Waals surface area (Å²) in [4.78, 5) is 0. The number of nitrogens with two attached hydrogens (primary N) is 3. The standard InChI is InChI=1S/C8H13N3/c9-5-8(11)6-1-3-7(10)4-2-6/h1-4,8H,5,9-11H2/t8-/m1/s1. The quantitative estimate of drug-likeness (QED) is 0.529. The summed E-state index contributed by atoms with van der Waals surface area (Å²) in [6.07, 6.45) is 0. The Morgan fingerprint density at radius 3 is 2.18 bits per heavy atom. The minimum Gasteiger partial charge on any atom is -0.399 e. The highest BCUT2D eigenvalue weighted by Crippen LogP contribution is 2.10. The summed E-state index contributed by atoms with van der Waals surface area (Å²) in [7, 11) is 0. The van der Waals surface area contributed by atoms with E-state index >= 15 is 0 Å². The Labute approximate surface area is 66.2 Å². The van der Waals surface area contributed by atoms with E-state index in [2.05, 4.69) is 0 Å². The van der Waals surface area contributed by atoms with Gasteiger partial charge in [-0.1, -0.05) is 12.1 Å². The summed E-state index contributed by atoms with van der Waals surface area (Å²) in [5.74, 6) is 0. The summed E-state index contributed by atoms with van der Waals surface area (Å²) < 4.78 is 0. The highest BCUT2D eigenvalue weighted by molar-refractivity contribution is 5.40. The SMILES string of the molecule is NC[C@@H](N)c1ccc(N)cc1. The second-order valence-corrected chi connectivity index (χ2v) is 2.51. The van der Waals surface area contributed by atoms with Crippen LogP contribution in [0.25, 0.3) is 0 Å². The fourth-order valence-electron chi connectivity index (χ4n) is 0.879. The summed E-state index contributed by atoms with van der Waals surface area (Å²) in [6, 6.07) is 7.37. The number of rotatable bonds is 2. The number of hydrogen-bond donors (Lipinski definition) is 3. The number of anilines is 1. The maximum atomic E-state index is 5.68. The van der Waals surface area contributed by atoms with Crippen LogP contribution >= 0.6 is 0 Å². The molecule has 0 aliphatic rings. The Hall–Kier alpha value is -1.06.